The maximum absolute atomic E-state index is 12.6. The van der Waals surface area contributed by atoms with E-state index in [0.29, 0.717) is 23.4 Å². The number of likely N-dealkylation sites (N-methyl/N-ethyl adjacent to an activating group) is 1. The molecular formula is C22H29Cl2N3O3S. The topological polar surface area (TPSA) is 60.9 Å². The van der Waals surface area contributed by atoms with Crippen molar-refractivity contribution in [3.05, 3.63) is 58.6 Å². The molecule has 3 rings (SSSR count). The summed E-state index contributed by atoms with van der Waals surface area (Å²) in [5.74, 6) is 0.0388. The van der Waals surface area contributed by atoms with Gasteiger partial charge in [0.1, 0.15) is 0 Å². The first-order valence-corrected chi connectivity index (χ1v) is 11.8. The molecule has 2 aromatic rings. The van der Waals surface area contributed by atoms with E-state index in [1.807, 2.05) is 24.3 Å². The van der Waals surface area contributed by atoms with Gasteiger partial charge in [-0.2, -0.15) is 8.42 Å². The van der Waals surface area contributed by atoms with Crippen LogP contribution in [0.2, 0.25) is 5.02 Å². The van der Waals surface area contributed by atoms with Gasteiger partial charge < -0.3 is 4.90 Å². The molecule has 0 amide bonds. The first-order valence-electron chi connectivity index (χ1n) is 10.0. The largest absolute Gasteiger partial charge is 0.326 e. The minimum absolute atomic E-state index is 0. The van der Waals surface area contributed by atoms with Gasteiger partial charge >= 0.3 is 10.2 Å². The second kappa shape index (κ2) is 10.7. The third-order valence-electron chi connectivity index (χ3n) is 5.58. The summed E-state index contributed by atoms with van der Waals surface area (Å²) >= 11 is 6.20. The second-order valence-corrected chi connectivity index (χ2v) is 10.1. The van der Waals surface area contributed by atoms with Crippen LogP contribution in [0.4, 0.5) is 11.4 Å². The molecule has 1 heterocycles. The van der Waals surface area contributed by atoms with Crippen LogP contribution in [0.15, 0.2) is 42.5 Å². The third kappa shape index (κ3) is 5.71. The SMILES string of the molecule is CN(CCCCC(=O)c1ccc2c(c1)N(C)S(=O)(=O)N2C)CCc1ccccc1Cl.Cl. The number of rotatable bonds is 9. The van der Waals surface area contributed by atoms with Crippen molar-refractivity contribution in [2.24, 2.45) is 0 Å². The maximum Gasteiger partial charge on any atom is 0.326 e. The number of hydrogen-bond donors (Lipinski definition) is 0. The van der Waals surface area contributed by atoms with Crippen LogP contribution in [0.5, 0.6) is 0 Å². The monoisotopic (exact) mass is 485 g/mol. The summed E-state index contributed by atoms with van der Waals surface area (Å²) in [6.45, 7) is 1.82. The number of benzene rings is 2. The van der Waals surface area contributed by atoms with Gasteiger partial charge in [0, 0.05) is 37.6 Å². The molecule has 0 bridgehead atoms. The van der Waals surface area contributed by atoms with Gasteiger partial charge in [0.05, 0.1) is 11.4 Å². The Bertz CT molecular complexity index is 1030. The number of anilines is 2. The van der Waals surface area contributed by atoms with Crippen molar-refractivity contribution in [3.63, 3.8) is 0 Å². The van der Waals surface area contributed by atoms with Gasteiger partial charge in [-0.15, -0.1) is 12.4 Å². The number of hydrogen-bond acceptors (Lipinski definition) is 4. The number of nitrogens with zero attached hydrogens (tertiary/aromatic N) is 3. The Morgan fingerprint density at radius 2 is 1.68 bits per heavy atom. The van der Waals surface area contributed by atoms with Crippen molar-refractivity contribution in [3.8, 4) is 0 Å². The van der Waals surface area contributed by atoms with E-state index in [4.69, 9.17) is 11.6 Å². The first-order chi connectivity index (χ1) is 14.2. The van der Waals surface area contributed by atoms with Crippen LogP contribution in [-0.2, 0) is 16.6 Å². The molecule has 2 aromatic carbocycles. The highest BCUT2D eigenvalue weighted by Crippen LogP contribution is 2.39. The van der Waals surface area contributed by atoms with E-state index in [0.717, 1.165) is 42.9 Å². The van der Waals surface area contributed by atoms with Gasteiger partial charge in [-0.3, -0.25) is 13.4 Å². The summed E-state index contributed by atoms with van der Waals surface area (Å²) < 4.78 is 26.9. The molecule has 0 fully saturated rings. The van der Waals surface area contributed by atoms with Crippen LogP contribution in [0.25, 0.3) is 0 Å². The molecule has 1 aliphatic heterocycles. The van der Waals surface area contributed by atoms with Gasteiger partial charge in [0.15, 0.2) is 5.78 Å². The molecule has 9 heteroatoms. The maximum atomic E-state index is 12.6. The van der Waals surface area contributed by atoms with E-state index < -0.39 is 10.2 Å². The molecule has 0 spiro atoms. The number of fused-ring (bicyclic) bond motifs is 1. The number of carbonyl (C=O) groups is 1. The minimum Gasteiger partial charge on any atom is -0.306 e. The van der Waals surface area contributed by atoms with Gasteiger partial charge in [-0.25, -0.2) is 0 Å². The standard InChI is InChI=1S/C22H28ClN3O3S.ClH/c1-24(15-13-17-8-4-5-9-19(17)23)14-7-6-10-22(27)18-11-12-20-21(16-18)26(3)30(28,29)25(20)2;/h4-5,8-9,11-12,16H,6-7,10,13-15H2,1-3H3;1H. The number of unbranched alkanes of at least 4 members (excludes halogenated alkanes) is 1. The number of Topliss-reactive ketones (excluding diaryl/α,β-unsaturated/α-hetero) is 1. The highest BCUT2D eigenvalue weighted by atomic mass is 35.5. The summed E-state index contributed by atoms with van der Waals surface area (Å²) in [4.78, 5) is 14.8. The van der Waals surface area contributed by atoms with E-state index in [9.17, 15) is 13.2 Å². The Morgan fingerprint density at radius 1 is 1.00 bits per heavy atom. The number of ketones is 1. The smallest absolute Gasteiger partial charge is 0.306 e. The van der Waals surface area contributed by atoms with Crippen molar-refractivity contribution < 1.29 is 13.2 Å². The number of carbonyl (C=O) groups excluding carboxylic acids is 1. The molecule has 0 saturated heterocycles. The summed E-state index contributed by atoms with van der Waals surface area (Å²) in [6.07, 6.45) is 3.06. The van der Waals surface area contributed by atoms with Crippen molar-refractivity contribution >= 4 is 51.4 Å². The zero-order valence-electron chi connectivity index (χ0n) is 18.0. The summed E-state index contributed by atoms with van der Waals surface area (Å²) in [5, 5.41) is 0.801. The molecule has 0 unspecified atom stereocenters. The predicted molar refractivity (Wildman–Crippen MR) is 130 cm³/mol. The zero-order valence-corrected chi connectivity index (χ0v) is 20.4. The molecule has 0 saturated carbocycles. The fraction of sp³-hybridized carbons (Fsp3) is 0.409. The van der Waals surface area contributed by atoms with Gasteiger partial charge in [0.25, 0.3) is 0 Å². The molecule has 6 nitrogen and oxygen atoms in total. The van der Waals surface area contributed by atoms with Crippen LogP contribution < -0.4 is 8.61 Å². The molecule has 1 aliphatic rings. The quantitative estimate of drug-likeness (QED) is 0.389. The fourth-order valence-corrected chi connectivity index (χ4v) is 4.98. The normalized spacial score (nSPS) is 14.5. The van der Waals surface area contributed by atoms with Gasteiger partial charge in [-0.05, 0) is 62.7 Å². The Morgan fingerprint density at radius 3 is 2.39 bits per heavy atom. The van der Waals surface area contributed by atoms with Crippen LogP contribution in [0, 0.1) is 0 Å². The van der Waals surface area contributed by atoms with Crippen LogP contribution in [0.1, 0.15) is 35.2 Å². The van der Waals surface area contributed by atoms with E-state index in [-0.39, 0.29) is 18.2 Å². The highest BCUT2D eigenvalue weighted by molar-refractivity contribution is 7.94. The van der Waals surface area contributed by atoms with E-state index in [1.165, 1.54) is 22.7 Å². The molecule has 31 heavy (non-hydrogen) atoms. The summed E-state index contributed by atoms with van der Waals surface area (Å²) in [5.41, 5.74) is 2.84. The Labute approximate surface area is 196 Å². The fourth-order valence-electron chi connectivity index (χ4n) is 3.58. The lowest BCUT2D eigenvalue weighted by Crippen LogP contribution is -2.32. The Kier molecular flexibility index (Phi) is 8.77. The van der Waals surface area contributed by atoms with Crippen molar-refractivity contribution in [1.29, 1.82) is 0 Å². The third-order valence-corrected chi connectivity index (χ3v) is 7.73. The average Bonchev–Trinajstić information content (AvgIpc) is 2.90. The molecule has 0 aromatic heterocycles. The molecule has 0 atom stereocenters. The second-order valence-electron chi connectivity index (χ2n) is 7.67. The van der Waals surface area contributed by atoms with Crippen molar-refractivity contribution in [2.75, 3.05) is 42.8 Å². The van der Waals surface area contributed by atoms with Crippen molar-refractivity contribution in [2.45, 2.75) is 25.7 Å². The lowest BCUT2D eigenvalue weighted by atomic mass is 10.0. The summed E-state index contributed by atoms with van der Waals surface area (Å²) in [6, 6.07) is 13.0. The van der Waals surface area contributed by atoms with Gasteiger partial charge in [0.2, 0.25) is 0 Å². The highest BCUT2D eigenvalue weighted by Gasteiger charge is 2.35. The van der Waals surface area contributed by atoms with E-state index >= 15 is 0 Å². The molecule has 170 valence electrons. The first kappa shape index (κ1) is 25.5. The van der Waals surface area contributed by atoms with Crippen LogP contribution in [-0.4, -0.2) is 53.3 Å². The molecule has 0 aliphatic carbocycles. The molecular weight excluding hydrogens is 457 g/mol. The average molecular weight is 486 g/mol. The van der Waals surface area contributed by atoms with E-state index in [2.05, 4.69) is 11.9 Å². The van der Waals surface area contributed by atoms with Crippen LogP contribution in [0.3, 0.4) is 0 Å². The minimum atomic E-state index is -3.52. The van der Waals surface area contributed by atoms with Crippen molar-refractivity contribution in [1.82, 2.24) is 4.90 Å². The predicted octanol–water partition coefficient (Wildman–Crippen LogP) is 4.42. The van der Waals surface area contributed by atoms with E-state index in [1.54, 1.807) is 18.2 Å². The van der Waals surface area contributed by atoms with Crippen LogP contribution >= 0.6 is 24.0 Å². The summed E-state index contributed by atoms with van der Waals surface area (Å²) in [7, 11) is 1.57. The Balaban J connectivity index is 0.00000341. The number of halogens is 2. The van der Waals surface area contributed by atoms with Gasteiger partial charge in [-0.1, -0.05) is 29.8 Å². The molecule has 0 radical (unpaired) electrons. The lowest BCUT2D eigenvalue weighted by Gasteiger charge is -2.16. The molecule has 0 N–H and O–H groups in total. The lowest BCUT2D eigenvalue weighted by molar-refractivity contribution is 0.0978. The Hall–Kier alpha value is -1.80. The zero-order chi connectivity index (χ0) is 21.9.